The Morgan fingerprint density at radius 1 is 1.32 bits per heavy atom. The van der Waals surface area contributed by atoms with E-state index in [4.69, 9.17) is 4.52 Å². The second-order valence-electron chi connectivity index (χ2n) is 5.50. The van der Waals surface area contributed by atoms with Gasteiger partial charge in [-0.15, -0.1) is 0 Å². The van der Waals surface area contributed by atoms with Gasteiger partial charge in [-0.3, -0.25) is 9.78 Å². The molecule has 3 rings (SSSR count). The van der Waals surface area contributed by atoms with Crippen LogP contribution >= 0.6 is 0 Å². The number of carbonyl (C=O) groups is 1. The quantitative estimate of drug-likeness (QED) is 0.745. The van der Waals surface area contributed by atoms with E-state index in [1.165, 1.54) is 31.2 Å². The van der Waals surface area contributed by atoms with Gasteiger partial charge in [0, 0.05) is 24.5 Å². The molecule has 0 aliphatic carbocycles. The highest BCUT2D eigenvalue weighted by Gasteiger charge is 2.26. The van der Waals surface area contributed by atoms with Crippen molar-refractivity contribution in [2.24, 2.45) is 0 Å². The van der Waals surface area contributed by atoms with Crippen LogP contribution < -0.4 is 5.32 Å². The molecular weight excluding hydrogens is 325 g/mol. The predicted octanol–water partition coefficient (Wildman–Crippen LogP) is 2.86. The Labute approximate surface area is 143 Å². The first kappa shape index (κ1) is 16.8. The van der Waals surface area contributed by atoms with Crippen LogP contribution in [-0.2, 0) is 6.54 Å². The number of benzene rings is 1. The Kier molecular flexibility index (Phi) is 4.85. The summed E-state index contributed by atoms with van der Waals surface area (Å²) in [6.07, 6.45) is 2.27. The number of carbonyl (C=O) groups excluding carboxylic acids is 1. The Hall–Kier alpha value is -3.06. The minimum atomic E-state index is -1.01. The molecule has 1 amide bonds. The molecule has 0 radical (unpaired) electrons. The van der Waals surface area contributed by atoms with Crippen LogP contribution in [0.15, 0.2) is 53.3 Å². The second kappa shape index (κ2) is 7.23. The number of pyridine rings is 1. The van der Waals surface area contributed by atoms with E-state index >= 15 is 0 Å². The first-order valence-electron chi connectivity index (χ1n) is 7.67. The molecule has 2 aromatic heterocycles. The number of nitrogens with one attached hydrogen (secondary N) is 1. The standard InChI is InChI=1S/C18H16FN3O3/c1-11(23)17-15(18(24)21-10-12-3-2-8-20-9-12)16(22-25-17)13-4-6-14(19)7-5-13/h2-9,11,23H,10H2,1H3,(H,21,24)/t11-/m0/s1. The molecule has 128 valence electrons. The summed E-state index contributed by atoms with van der Waals surface area (Å²) in [5.41, 5.74) is 1.72. The third-order valence-electron chi connectivity index (χ3n) is 3.62. The molecule has 0 saturated heterocycles. The van der Waals surface area contributed by atoms with Gasteiger partial charge in [0.25, 0.3) is 5.91 Å². The van der Waals surface area contributed by atoms with Gasteiger partial charge in [0.05, 0.1) is 0 Å². The van der Waals surface area contributed by atoms with Crippen LogP contribution in [0.25, 0.3) is 11.3 Å². The van der Waals surface area contributed by atoms with E-state index in [2.05, 4.69) is 15.5 Å². The zero-order valence-corrected chi connectivity index (χ0v) is 13.4. The van der Waals surface area contributed by atoms with E-state index in [0.29, 0.717) is 5.56 Å². The monoisotopic (exact) mass is 341 g/mol. The number of aromatic nitrogens is 2. The van der Waals surface area contributed by atoms with E-state index in [-0.39, 0.29) is 23.6 Å². The van der Waals surface area contributed by atoms with Gasteiger partial charge in [-0.1, -0.05) is 11.2 Å². The number of rotatable bonds is 5. The fraction of sp³-hybridized carbons (Fsp3) is 0.167. The molecule has 2 N–H and O–H groups in total. The maximum Gasteiger partial charge on any atom is 0.257 e. The van der Waals surface area contributed by atoms with Gasteiger partial charge in [-0.25, -0.2) is 4.39 Å². The maximum atomic E-state index is 13.1. The first-order valence-corrected chi connectivity index (χ1v) is 7.67. The molecular formula is C18H16FN3O3. The van der Waals surface area contributed by atoms with E-state index in [1.807, 2.05) is 6.07 Å². The van der Waals surface area contributed by atoms with Crippen molar-refractivity contribution in [1.82, 2.24) is 15.5 Å². The molecule has 1 atom stereocenters. The van der Waals surface area contributed by atoms with Crippen molar-refractivity contribution in [3.63, 3.8) is 0 Å². The Morgan fingerprint density at radius 2 is 2.08 bits per heavy atom. The average molecular weight is 341 g/mol. The van der Waals surface area contributed by atoms with Gasteiger partial charge in [-0.05, 0) is 42.8 Å². The summed E-state index contributed by atoms with van der Waals surface area (Å²) in [7, 11) is 0. The summed E-state index contributed by atoms with van der Waals surface area (Å²) in [5.74, 6) is -0.783. The van der Waals surface area contributed by atoms with Gasteiger partial charge in [0.1, 0.15) is 23.2 Å². The van der Waals surface area contributed by atoms with Gasteiger partial charge in [-0.2, -0.15) is 0 Å². The molecule has 0 spiro atoms. The molecule has 0 bridgehead atoms. The molecule has 6 nitrogen and oxygen atoms in total. The van der Waals surface area contributed by atoms with Crippen molar-refractivity contribution in [3.8, 4) is 11.3 Å². The molecule has 2 heterocycles. The zero-order valence-electron chi connectivity index (χ0n) is 13.4. The second-order valence-corrected chi connectivity index (χ2v) is 5.50. The number of hydrogen-bond donors (Lipinski definition) is 2. The molecule has 0 saturated carbocycles. The number of nitrogens with zero attached hydrogens (tertiary/aromatic N) is 2. The summed E-state index contributed by atoms with van der Waals surface area (Å²) < 4.78 is 18.3. The summed E-state index contributed by atoms with van der Waals surface area (Å²) >= 11 is 0. The fourth-order valence-electron chi connectivity index (χ4n) is 2.39. The Morgan fingerprint density at radius 3 is 2.72 bits per heavy atom. The molecule has 0 aliphatic heterocycles. The van der Waals surface area contributed by atoms with Crippen molar-refractivity contribution in [2.45, 2.75) is 19.6 Å². The van der Waals surface area contributed by atoms with Crippen LogP contribution in [0, 0.1) is 5.82 Å². The summed E-state index contributed by atoms with van der Waals surface area (Å²) in [6, 6.07) is 9.13. The van der Waals surface area contributed by atoms with Gasteiger partial charge in [0.2, 0.25) is 0 Å². The van der Waals surface area contributed by atoms with Crippen LogP contribution in [0.2, 0.25) is 0 Å². The first-order chi connectivity index (χ1) is 12.1. The maximum absolute atomic E-state index is 13.1. The minimum absolute atomic E-state index is 0.0583. The van der Waals surface area contributed by atoms with Crippen LogP contribution in [0.3, 0.4) is 0 Å². The van der Waals surface area contributed by atoms with Crippen molar-refractivity contribution in [2.75, 3.05) is 0 Å². The van der Waals surface area contributed by atoms with E-state index in [9.17, 15) is 14.3 Å². The van der Waals surface area contributed by atoms with Crippen LogP contribution in [-0.4, -0.2) is 21.2 Å². The van der Waals surface area contributed by atoms with Crippen molar-refractivity contribution in [1.29, 1.82) is 0 Å². The molecule has 0 fully saturated rings. The lowest BCUT2D eigenvalue weighted by Crippen LogP contribution is -2.24. The van der Waals surface area contributed by atoms with Crippen LogP contribution in [0.4, 0.5) is 4.39 Å². The van der Waals surface area contributed by atoms with Crippen molar-refractivity contribution >= 4 is 5.91 Å². The number of halogens is 1. The van der Waals surface area contributed by atoms with E-state index in [0.717, 1.165) is 5.56 Å². The molecule has 1 aromatic carbocycles. The molecule has 7 heteroatoms. The van der Waals surface area contributed by atoms with E-state index < -0.39 is 17.8 Å². The number of hydrogen-bond acceptors (Lipinski definition) is 5. The Balaban J connectivity index is 1.91. The highest BCUT2D eigenvalue weighted by atomic mass is 19.1. The van der Waals surface area contributed by atoms with Crippen molar-refractivity contribution < 1.29 is 18.8 Å². The summed E-state index contributed by atoms with van der Waals surface area (Å²) in [5, 5.41) is 16.5. The van der Waals surface area contributed by atoms with E-state index in [1.54, 1.807) is 18.5 Å². The van der Waals surface area contributed by atoms with Crippen LogP contribution in [0.1, 0.15) is 34.7 Å². The highest BCUT2D eigenvalue weighted by Crippen LogP contribution is 2.29. The minimum Gasteiger partial charge on any atom is -0.385 e. The molecule has 0 unspecified atom stereocenters. The van der Waals surface area contributed by atoms with Crippen molar-refractivity contribution in [3.05, 3.63) is 71.5 Å². The van der Waals surface area contributed by atoms with Gasteiger partial charge in [0.15, 0.2) is 5.76 Å². The molecule has 0 aliphatic rings. The Bertz CT molecular complexity index is 861. The summed E-state index contributed by atoms with van der Waals surface area (Å²) in [4.78, 5) is 16.6. The highest BCUT2D eigenvalue weighted by molar-refractivity contribution is 6.00. The molecule has 25 heavy (non-hydrogen) atoms. The predicted molar refractivity (Wildman–Crippen MR) is 87.9 cm³/mol. The third kappa shape index (κ3) is 3.72. The lowest BCUT2D eigenvalue weighted by atomic mass is 10.0. The lowest BCUT2D eigenvalue weighted by molar-refractivity contribution is 0.0938. The number of aliphatic hydroxyl groups excluding tert-OH is 1. The van der Waals surface area contributed by atoms with Gasteiger partial charge >= 0.3 is 0 Å². The number of aliphatic hydroxyl groups is 1. The zero-order chi connectivity index (χ0) is 17.8. The normalized spacial score (nSPS) is 12.0. The SMILES string of the molecule is C[C@H](O)c1onc(-c2ccc(F)cc2)c1C(=O)NCc1cccnc1. The molecule has 3 aromatic rings. The van der Waals surface area contributed by atoms with Crippen LogP contribution in [0.5, 0.6) is 0 Å². The largest absolute Gasteiger partial charge is 0.385 e. The number of amides is 1. The average Bonchev–Trinajstić information content (AvgIpc) is 3.06. The topological polar surface area (TPSA) is 88.2 Å². The summed E-state index contributed by atoms with van der Waals surface area (Å²) in [6.45, 7) is 1.74. The smallest absolute Gasteiger partial charge is 0.257 e. The van der Waals surface area contributed by atoms with Gasteiger partial charge < -0.3 is 14.9 Å². The fourth-order valence-corrected chi connectivity index (χ4v) is 2.39. The lowest BCUT2D eigenvalue weighted by Gasteiger charge is -2.08. The third-order valence-corrected chi connectivity index (χ3v) is 3.62.